The molecule has 1 aliphatic rings. The molecule has 1 atom stereocenters. The molecule has 0 bridgehead atoms. The first-order valence-corrected chi connectivity index (χ1v) is 8.45. The Hall–Kier alpha value is -1.17. The van der Waals surface area contributed by atoms with E-state index in [1.165, 1.54) is 37.2 Å². The Balaban J connectivity index is 1.38. The van der Waals surface area contributed by atoms with Gasteiger partial charge in [0.1, 0.15) is 18.5 Å². The number of aromatic nitrogens is 1. The molecule has 0 saturated heterocycles. The highest BCUT2D eigenvalue weighted by Crippen LogP contribution is 2.29. The normalized spacial score (nSPS) is 16.8. The highest BCUT2D eigenvalue weighted by Gasteiger charge is 2.16. The van der Waals surface area contributed by atoms with Gasteiger partial charge in [0.25, 0.3) is 0 Å². The van der Waals surface area contributed by atoms with Crippen molar-refractivity contribution >= 4 is 21.6 Å². The van der Waals surface area contributed by atoms with Crippen molar-refractivity contribution in [3.05, 3.63) is 24.4 Å². The number of hydrogen-bond acceptors (Lipinski definition) is 5. The molecule has 114 valence electrons. The van der Waals surface area contributed by atoms with Gasteiger partial charge >= 0.3 is 0 Å². The van der Waals surface area contributed by atoms with Gasteiger partial charge in [0.15, 0.2) is 0 Å². The van der Waals surface area contributed by atoms with Crippen molar-refractivity contribution in [1.82, 2.24) is 9.69 Å². The van der Waals surface area contributed by atoms with Gasteiger partial charge in [0.2, 0.25) is 0 Å². The van der Waals surface area contributed by atoms with E-state index in [0.29, 0.717) is 13.2 Å². The molecule has 0 aliphatic heterocycles. The number of aliphatic hydroxyl groups is 1. The van der Waals surface area contributed by atoms with Gasteiger partial charge in [-0.15, -0.1) is 0 Å². The topological polar surface area (TPSA) is 54.4 Å². The van der Waals surface area contributed by atoms with E-state index < -0.39 is 6.10 Å². The van der Waals surface area contributed by atoms with Crippen LogP contribution in [0.15, 0.2) is 24.4 Å². The molecule has 1 aromatic carbocycles. The third kappa shape index (κ3) is 3.93. The number of nitrogens with one attached hydrogen (secondary N) is 1. The summed E-state index contributed by atoms with van der Waals surface area (Å²) >= 11 is 1.46. The lowest BCUT2D eigenvalue weighted by atomic mass is 9.83. The maximum atomic E-state index is 9.97. The molecule has 1 fully saturated rings. The summed E-state index contributed by atoms with van der Waals surface area (Å²) in [4.78, 5) is 0. The van der Waals surface area contributed by atoms with Crippen molar-refractivity contribution in [1.29, 1.82) is 0 Å². The van der Waals surface area contributed by atoms with Crippen molar-refractivity contribution in [2.75, 3.05) is 19.7 Å². The lowest BCUT2D eigenvalue weighted by Crippen LogP contribution is -2.33. The number of rotatable bonds is 8. The average molecular weight is 306 g/mol. The predicted octanol–water partition coefficient (Wildman–Crippen LogP) is 2.82. The van der Waals surface area contributed by atoms with Gasteiger partial charge in [0.05, 0.1) is 16.3 Å². The van der Waals surface area contributed by atoms with E-state index in [4.69, 9.17) is 4.74 Å². The summed E-state index contributed by atoms with van der Waals surface area (Å²) in [6.45, 7) is 1.89. The Bertz CT molecular complexity index is 568. The number of benzene rings is 1. The lowest BCUT2D eigenvalue weighted by Gasteiger charge is -2.25. The number of hydrogen-bond donors (Lipinski definition) is 2. The monoisotopic (exact) mass is 306 g/mol. The second kappa shape index (κ2) is 7.20. The minimum Gasteiger partial charge on any atom is -0.490 e. The van der Waals surface area contributed by atoms with Crippen LogP contribution in [0, 0.1) is 5.92 Å². The van der Waals surface area contributed by atoms with Crippen molar-refractivity contribution in [3.8, 4) is 5.75 Å². The lowest BCUT2D eigenvalue weighted by molar-refractivity contribution is 0.106. The van der Waals surface area contributed by atoms with Gasteiger partial charge in [-0.25, -0.2) is 0 Å². The van der Waals surface area contributed by atoms with E-state index >= 15 is 0 Å². The first-order valence-electron chi connectivity index (χ1n) is 7.68. The first-order chi connectivity index (χ1) is 10.3. The van der Waals surface area contributed by atoms with Crippen molar-refractivity contribution in [2.45, 2.75) is 31.8 Å². The third-order valence-corrected chi connectivity index (χ3v) is 4.89. The number of nitrogens with zero attached hydrogens (tertiary/aromatic N) is 1. The minimum atomic E-state index is -0.478. The van der Waals surface area contributed by atoms with Crippen LogP contribution in [0.25, 0.3) is 10.1 Å². The molecule has 1 unspecified atom stereocenters. The number of aliphatic hydroxyl groups excluding tert-OH is 1. The van der Waals surface area contributed by atoms with Gasteiger partial charge in [-0.2, -0.15) is 4.37 Å². The van der Waals surface area contributed by atoms with Crippen LogP contribution in [0.3, 0.4) is 0 Å². The zero-order chi connectivity index (χ0) is 14.5. The molecular weight excluding hydrogens is 284 g/mol. The fourth-order valence-corrected chi connectivity index (χ4v) is 3.26. The fraction of sp³-hybridized carbons (Fsp3) is 0.562. The largest absolute Gasteiger partial charge is 0.490 e. The SMILES string of the molecule is OC(CNCCC1CCC1)COc1cccc2sncc12. The quantitative estimate of drug-likeness (QED) is 0.736. The van der Waals surface area contributed by atoms with Crippen molar-refractivity contribution < 1.29 is 9.84 Å². The van der Waals surface area contributed by atoms with Crippen molar-refractivity contribution in [2.24, 2.45) is 5.92 Å². The number of fused-ring (bicyclic) bond motifs is 1. The van der Waals surface area contributed by atoms with Gasteiger partial charge in [0, 0.05) is 6.54 Å². The Morgan fingerprint density at radius 1 is 1.43 bits per heavy atom. The van der Waals surface area contributed by atoms with Crippen LogP contribution in [-0.2, 0) is 0 Å². The Morgan fingerprint density at radius 2 is 2.33 bits per heavy atom. The summed E-state index contributed by atoms with van der Waals surface area (Å²) in [5, 5.41) is 14.3. The molecule has 4 nitrogen and oxygen atoms in total. The Morgan fingerprint density at radius 3 is 3.14 bits per heavy atom. The van der Waals surface area contributed by atoms with E-state index in [0.717, 1.165) is 28.3 Å². The van der Waals surface area contributed by atoms with Crippen LogP contribution in [0.4, 0.5) is 0 Å². The molecule has 1 aromatic heterocycles. The third-order valence-electron chi connectivity index (χ3n) is 4.12. The van der Waals surface area contributed by atoms with Crippen molar-refractivity contribution in [3.63, 3.8) is 0 Å². The summed E-state index contributed by atoms with van der Waals surface area (Å²) in [5.41, 5.74) is 0. The van der Waals surface area contributed by atoms with E-state index in [2.05, 4.69) is 9.69 Å². The van der Waals surface area contributed by atoms with Crippen LogP contribution < -0.4 is 10.1 Å². The molecule has 2 N–H and O–H groups in total. The van der Waals surface area contributed by atoms with E-state index in [1.54, 1.807) is 0 Å². The van der Waals surface area contributed by atoms with Crippen LogP contribution in [0.2, 0.25) is 0 Å². The second-order valence-electron chi connectivity index (χ2n) is 5.75. The average Bonchev–Trinajstić information content (AvgIpc) is 2.91. The van der Waals surface area contributed by atoms with Crippen LogP contribution in [0.5, 0.6) is 5.75 Å². The molecule has 1 heterocycles. The van der Waals surface area contributed by atoms with E-state index in [-0.39, 0.29) is 0 Å². The molecule has 1 aliphatic carbocycles. The Kier molecular flexibility index (Phi) is 5.06. The zero-order valence-corrected chi connectivity index (χ0v) is 12.9. The van der Waals surface area contributed by atoms with E-state index in [1.807, 2.05) is 24.4 Å². The molecule has 2 aromatic rings. The fourth-order valence-electron chi connectivity index (χ4n) is 2.59. The van der Waals surface area contributed by atoms with Crippen LogP contribution in [-0.4, -0.2) is 35.3 Å². The summed E-state index contributed by atoms with van der Waals surface area (Å²) in [5.74, 6) is 1.71. The van der Waals surface area contributed by atoms with Gasteiger partial charge in [-0.1, -0.05) is 25.3 Å². The Labute approximate surface area is 129 Å². The van der Waals surface area contributed by atoms with Gasteiger partial charge in [-0.3, -0.25) is 0 Å². The maximum absolute atomic E-state index is 9.97. The standard InChI is InChI=1S/C16H22N2O2S/c19-13(9-17-8-7-12-3-1-4-12)11-20-15-5-2-6-16-14(15)10-18-21-16/h2,5-6,10,12-13,17,19H,1,3-4,7-9,11H2. The molecule has 5 heteroatoms. The van der Waals surface area contributed by atoms with Gasteiger partial charge in [-0.05, 0) is 42.5 Å². The summed E-state index contributed by atoms with van der Waals surface area (Å²) in [6.07, 6.45) is 6.72. The molecular formula is C16H22N2O2S. The van der Waals surface area contributed by atoms with Gasteiger partial charge < -0.3 is 15.2 Å². The molecule has 3 rings (SSSR count). The van der Waals surface area contributed by atoms with Crippen LogP contribution in [0.1, 0.15) is 25.7 Å². The number of ether oxygens (including phenoxy) is 1. The van der Waals surface area contributed by atoms with Crippen LogP contribution >= 0.6 is 11.5 Å². The summed E-state index contributed by atoms with van der Waals surface area (Å²) < 4.78 is 11.0. The minimum absolute atomic E-state index is 0.311. The van der Waals surface area contributed by atoms with E-state index in [9.17, 15) is 5.11 Å². The predicted molar refractivity (Wildman–Crippen MR) is 85.9 cm³/mol. The molecule has 0 radical (unpaired) electrons. The summed E-state index contributed by atoms with van der Waals surface area (Å²) in [7, 11) is 0. The first kappa shape index (κ1) is 14.8. The molecule has 0 spiro atoms. The second-order valence-corrected chi connectivity index (χ2v) is 6.58. The molecule has 1 saturated carbocycles. The smallest absolute Gasteiger partial charge is 0.129 e. The highest BCUT2D eigenvalue weighted by molar-refractivity contribution is 7.13. The highest BCUT2D eigenvalue weighted by atomic mass is 32.1. The molecule has 0 amide bonds. The maximum Gasteiger partial charge on any atom is 0.129 e. The zero-order valence-electron chi connectivity index (χ0n) is 12.1. The summed E-state index contributed by atoms with van der Waals surface area (Å²) in [6, 6.07) is 5.91. The molecule has 21 heavy (non-hydrogen) atoms.